The Labute approximate surface area is 127 Å². The highest BCUT2D eigenvalue weighted by molar-refractivity contribution is 5.38. The molecule has 1 aliphatic heterocycles. The van der Waals surface area contributed by atoms with Crippen LogP contribution in [0.5, 0.6) is 5.88 Å². The zero-order valence-electron chi connectivity index (χ0n) is 13.2. The van der Waals surface area contributed by atoms with Gasteiger partial charge in [0.1, 0.15) is 0 Å². The Hall–Kier alpha value is -1.40. The highest BCUT2D eigenvalue weighted by Crippen LogP contribution is 2.17. The number of aromatic nitrogens is 2. The first-order valence-corrected chi connectivity index (χ1v) is 7.92. The van der Waals surface area contributed by atoms with Crippen LogP contribution < -0.4 is 15.4 Å². The predicted molar refractivity (Wildman–Crippen MR) is 84.7 cm³/mol. The highest BCUT2D eigenvalue weighted by Gasteiger charge is 2.22. The van der Waals surface area contributed by atoms with E-state index in [9.17, 15) is 0 Å². The summed E-state index contributed by atoms with van der Waals surface area (Å²) < 4.78 is 5.55. The lowest BCUT2D eigenvalue weighted by atomic mass is 10.1. The molecule has 1 aromatic heterocycles. The van der Waals surface area contributed by atoms with E-state index in [2.05, 4.69) is 33.6 Å². The number of hydrogen-bond acceptors (Lipinski definition) is 6. The van der Waals surface area contributed by atoms with E-state index in [0.29, 0.717) is 18.5 Å². The van der Waals surface area contributed by atoms with Crippen molar-refractivity contribution in [2.45, 2.75) is 32.7 Å². The number of rotatable bonds is 7. The second-order valence-corrected chi connectivity index (χ2v) is 5.38. The largest absolute Gasteiger partial charge is 0.477 e. The van der Waals surface area contributed by atoms with E-state index in [1.165, 1.54) is 0 Å². The van der Waals surface area contributed by atoms with Crippen LogP contribution in [0.3, 0.4) is 0 Å². The van der Waals surface area contributed by atoms with Crippen molar-refractivity contribution in [3.05, 3.63) is 12.4 Å². The summed E-state index contributed by atoms with van der Waals surface area (Å²) in [5.74, 6) is 1.52. The summed E-state index contributed by atoms with van der Waals surface area (Å²) >= 11 is 0. The van der Waals surface area contributed by atoms with Gasteiger partial charge < -0.3 is 15.4 Å². The van der Waals surface area contributed by atoms with Crippen LogP contribution in [0.1, 0.15) is 26.7 Å². The molecule has 1 atom stereocenters. The van der Waals surface area contributed by atoms with Crippen LogP contribution in [0.25, 0.3) is 0 Å². The van der Waals surface area contributed by atoms with Crippen molar-refractivity contribution in [3.8, 4) is 5.88 Å². The fourth-order valence-corrected chi connectivity index (χ4v) is 2.66. The van der Waals surface area contributed by atoms with E-state index in [1.54, 1.807) is 6.20 Å². The lowest BCUT2D eigenvalue weighted by Gasteiger charge is -2.39. The first-order valence-electron chi connectivity index (χ1n) is 7.92. The Kier molecular flexibility index (Phi) is 6.20. The summed E-state index contributed by atoms with van der Waals surface area (Å²) in [6.07, 6.45) is 5.57. The molecule has 0 spiro atoms. The molecule has 0 amide bonds. The molecule has 2 heterocycles. The fourth-order valence-electron chi connectivity index (χ4n) is 2.66. The van der Waals surface area contributed by atoms with Crippen molar-refractivity contribution >= 4 is 5.82 Å². The maximum absolute atomic E-state index is 5.83. The van der Waals surface area contributed by atoms with Gasteiger partial charge in [-0.25, -0.2) is 0 Å². The molecule has 2 rings (SSSR count). The highest BCUT2D eigenvalue weighted by atomic mass is 16.5. The van der Waals surface area contributed by atoms with E-state index < -0.39 is 0 Å². The van der Waals surface area contributed by atoms with Crippen molar-refractivity contribution in [1.29, 1.82) is 0 Å². The number of nitrogens with two attached hydrogens (primary N) is 1. The molecule has 1 unspecified atom stereocenters. The first kappa shape index (κ1) is 16.0. The number of nitrogens with zero attached hydrogens (tertiary/aromatic N) is 4. The molecule has 21 heavy (non-hydrogen) atoms. The van der Waals surface area contributed by atoms with Gasteiger partial charge in [0.15, 0.2) is 5.82 Å². The maximum Gasteiger partial charge on any atom is 0.234 e. The van der Waals surface area contributed by atoms with Crippen LogP contribution >= 0.6 is 0 Å². The summed E-state index contributed by atoms with van der Waals surface area (Å²) in [7, 11) is 0. The molecule has 1 aromatic rings. The minimum atomic E-state index is 0.498. The van der Waals surface area contributed by atoms with Crippen LogP contribution in [0.2, 0.25) is 0 Å². The predicted octanol–water partition coefficient (Wildman–Crippen LogP) is 1.12. The Morgan fingerprint density at radius 2 is 2.00 bits per heavy atom. The topological polar surface area (TPSA) is 67.5 Å². The second kappa shape index (κ2) is 8.14. The molecular formula is C15H27N5O. The third-order valence-corrected chi connectivity index (χ3v) is 3.95. The van der Waals surface area contributed by atoms with Crippen LogP contribution in [0.4, 0.5) is 5.82 Å². The van der Waals surface area contributed by atoms with Crippen molar-refractivity contribution in [2.75, 3.05) is 44.2 Å². The smallest absolute Gasteiger partial charge is 0.234 e. The van der Waals surface area contributed by atoms with Crippen molar-refractivity contribution < 1.29 is 4.74 Å². The second-order valence-electron chi connectivity index (χ2n) is 5.38. The number of ether oxygens (including phenoxy) is 1. The van der Waals surface area contributed by atoms with Crippen LogP contribution in [-0.2, 0) is 0 Å². The van der Waals surface area contributed by atoms with E-state index in [-0.39, 0.29) is 0 Å². The summed E-state index contributed by atoms with van der Waals surface area (Å²) in [6, 6.07) is 0.498. The summed E-state index contributed by atoms with van der Waals surface area (Å²) in [6.45, 7) is 9.67. The van der Waals surface area contributed by atoms with Crippen LogP contribution in [0, 0.1) is 0 Å². The summed E-state index contributed by atoms with van der Waals surface area (Å²) in [5, 5.41) is 0. The molecule has 0 aromatic carbocycles. The van der Waals surface area contributed by atoms with Crippen molar-refractivity contribution in [1.82, 2.24) is 14.9 Å². The van der Waals surface area contributed by atoms with Crippen LogP contribution in [0.15, 0.2) is 12.4 Å². The van der Waals surface area contributed by atoms with E-state index in [1.807, 2.05) is 6.20 Å². The third kappa shape index (κ3) is 4.28. The monoisotopic (exact) mass is 293 g/mol. The lowest BCUT2D eigenvalue weighted by molar-refractivity contribution is 0.184. The Morgan fingerprint density at radius 3 is 2.62 bits per heavy atom. The van der Waals surface area contributed by atoms with E-state index in [0.717, 1.165) is 51.4 Å². The molecule has 0 radical (unpaired) electrons. The van der Waals surface area contributed by atoms with Crippen molar-refractivity contribution in [3.63, 3.8) is 0 Å². The van der Waals surface area contributed by atoms with Gasteiger partial charge in [0, 0.05) is 38.8 Å². The Balaban J connectivity index is 1.92. The number of hydrogen-bond donors (Lipinski definition) is 1. The van der Waals surface area contributed by atoms with Gasteiger partial charge in [-0.3, -0.25) is 9.88 Å². The first-order chi connectivity index (χ1) is 10.3. The number of piperazine rings is 1. The third-order valence-electron chi connectivity index (χ3n) is 3.95. The molecule has 0 aliphatic carbocycles. The SMILES string of the molecule is CCCOc1cncc(N2CCN(C(CC)CN)CC2)n1. The lowest BCUT2D eigenvalue weighted by Crippen LogP contribution is -2.52. The minimum Gasteiger partial charge on any atom is -0.477 e. The molecule has 0 bridgehead atoms. The standard InChI is InChI=1S/C15H27N5O/c1-3-9-21-15-12-17-11-14(18-15)20-7-5-19(6-8-20)13(4-2)10-16/h11-13H,3-10,16H2,1-2H3. The fraction of sp³-hybridized carbons (Fsp3) is 0.733. The van der Waals surface area contributed by atoms with Gasteiger partial charge in [-0.1, -0.05) is 13.8 Å². The molecule has 6 nitrogen and oxygen atoms in total. The normalized spacial score (nSPS) is 17.8. The average Bonchev–Trinajstić information content (AvgIpc) is 2.55. The van der Waals surface area contributed by atoms with Gasteiger partial charge >= 0.3 is 0 Å². The molecule has 2 N–H and O–H groups in total. The van der Waals surface area contributed by atoms with Gasteiger partial charge in [0.2, 0.25) is 5.88 Å². The van der Waals surface area contributed by atoms with Gasteiger partial charge in [0.25, 0.3) is 0 Å². The maximum atomic E-state index is 5.83. The molecule has 1 aliphatic rings. The van der Waals surface area contributed by atoms with Gasteiger partial charge in [-0.15, -0.1) is 0 Å². The molecule has 118 valence electrons. The van der Waals surface area contributed by atoms with E-state index >= 15 is 0 Å². The molecule has 6 heteroatoms. The average molecular weight is 293 g/mol. The molecular weight excluding hydrogens is 266 g/mol. The quantitative estimate of drug-likeness (QED) is 0.813. The molecule has 1 saturated heterocycles. The van der Waals surface area contributed by atoms with Crippen molar-refractivity contribution in [2.24, 2.45) is 5.73 Å². The number of anilines is 1. The minimum absolute atomic E-state index is 0.498. The van der Waals surface area contributed by atoms with E-state index in [4.69, 9.17) is 10.5 Å². The summed E-state index contributed by atoms with van der Waals surface area (Å²) in [5.41, 5.74) is 5.83. The zero-order valence-corrected chi connectivity index (χ0v) is 13.2. The Bertz CT molecular complexity index is 416. The van der Waals surface area contributed by atoms with Gasteiger partial charge in [-0.05, 0) is 12.8 Å². The van der Waals surface area contributed by atoms with Gasteiger partial charge in [-0.2, -0.15) is 4.98 Å². The Morgan fingerprint density at radius 1 is 1.24 bits per heavy atom. The molecule has 1 fully saturated rings. The van der Waals surface area contributed by atoms with Crippen LogP contribution in [-0.4, -0.2) is 60.2 Å². The summed E-state index contributed by atoms with van der Waals surface area (Å²) in [4.78, 5) is 13.5. The zero-order chi connectivity index (χ0) is 15.1. The van der Waals surface area contributed by atoms with Gasteiger partial charge in [0.05, 0.1) is 19.0 Å². The molecule has 0 saturated carbocycles.